The van der Waals surface area contributed by atoms with Crippen LogP contribution in [0.4, 0.5) is 0 Å². The summed E-state index contributed by atoms with van der Waals surface area (Å²) < 4.78 is 17.1. The Hall–Kier alpha value is -2.45. The molecule has 1 N–H and O–H groups in total. The van der Waals surface area contributed by atoms with Crippen molar-refractivity contribution in [2.24, 2.45) is 0 Å². The fraction of sp³-hybridized carbons (Fsp3) is 0.775. The average Bonchev–Trinajstić information content (AvgIpc) is 3.03. The van der Waals surface area contributed by atoms with Gasteiger partial charge in [-0.05, 0) is 38.5 Å². The average molecular weight is 679 g/mol. The summed E-state index contributed by atoms with van der Waals surface area (Å²) in [7, 11) is 5.49. The minimum Gasteiger partial charge on any atom is -0.477 e. The highest BCUT2D eigenvalue weighted by molar-refractivity contribution is 5.72. The number of carbonyl (C=O) groups is 3. The second-order valence-corrected chi connectivity index (χ2v) is 13.8. The SMILES string of the molecule is CC/C=C/C/C=C/C/C=C/CCCC(=O)OC(COCCC(C(=O)O)[N+](C)(C)C)COC(=O)CCCCCCCCCCCCCCC. The Kier molecular flexibility index (Phi) is 30.2. The first kappa shape index (κ1) is 45.6. The summed E-state index contributed by atoms with van der Waals surface area (Å²) in [5, 5.41) is 9.57. The third-order valence-corrected chi connectivity index (χ3v) is 8.30. The zero-order valence-corrected chi connectivity index (χ0v) is 31.4. The van der Waals surface area contributed by atoms with Crippen LogP contribution in [0.25, 0.3) is 0 Å². The summed E-state index contributed by atoms with van der Waals surface area (Å²) in [6, 6.07) is -0.620. The first-order valence-electron chi connectivity index (χ1n) is 19.0. The van der Waals surface area contributed by atoms with Gasteiger partial charge < -0.3 is 23.8 Å². The van der Waals surface area contributed by atoms with Crippen molar-refractivity contribution in [2.75, 3.05) is 41.0 Å². The van der Waals surface area contributed by atoms with Gasteiger partial charge in [-0.2, -0.15) is 0 Å². The molecule has 0 heterocycles. The van der Waals surface area contributed by atoms with Gasteiger partial charge in [0.2, 0.25) is 0 Å². The van der Waals surface area contributed by atoms with E-state index in [2.05, 4.69) is 50.3 Å². The van der Waals surface area contributed by atoms with E-state index < -0.39 is 18.1 Å². The number of ether oxygens (including phenoxy) is 3. The number of carbonyl (C=O) groups excluding carboxylic acids is 2. The first-order valence-corrected chi connectivity index (χ1v) is 19.0. The molecule has 0 aromatic heterocycles. The minimum atomic E-state index is -0.884. The van der Waals surface area contributed by atoms with Gasteiger partial charge in [-0.1, -0.05) is 127 Å². The summed E-state index contributed by atoms with van der Waals surface area (Å²) in [5.74, 6) is -1.54. The normalized spacial score (nSPS) is 13.4. The molecule has 0 radical (unpaired) electrons. The molecule has 0 aliphatic rings. The minimum absolute atomic E-state index is 0.0426. The molecule has 0 aliphatic carbocycles. The number of rotatable bonds is 33. The maximum atomic E-state index is 12.6. The van der Waals surface area contributed by atoms with Crippen LogP contribution in [-0.4, -0.2) is 80.6 Å². The van der Waals surface area contributed by atoms with Crippen LogP contribution in [0.15, 0.2) is 36.5 Å². The van der Waals surface area contributed by atoms with Gasteiger partial charge in [-0.15, -0.1) is 0 Å². The summed E-state index contributed by atoms with van der Waals surface area (Å²) >= 11 is 0. The third kappa shape index (κ3) is 29.7. The molecular formula is C40H72NO7+. The van der Waals surface area contributed by atoms with Gasteiger partial charge in [0, 0.05) is 19.3 Å². The highest BCUT2D eigenvalue weighted by Crippen LogP contribution is 2.14. The number of unbranched alkanes of at least 4 members (excludes halogenated alkanes) is 13. The lowest BCUT2D eigenvalue weighted by Gasteiger charge is -2.31. The van der Waals surface area contributed by atoms with Crippen molar-refractivity contribution in [1.29, 1.82) is 0 Å². The molecular weight excluding hydrogens is 606 g/mol. The van der Waals surface area contributed by atoms with Gasteiger partial charge in [0.25, 0.3) is 0 Å². The summed E-state index contributed by atoms with van der Waals surface area (Å²) in [4.78, 5) is 36.7. The van der Waals surface area contributed by atoms with Crippen molar-refractivity contribution in [2.45, 2.75) is 161 Å². The number of aliphatic carboxylic acids is 1. The molecule has 2 atom stereocenters. The molecule has 8 nitrogen and oxygen atoms in total. The molecule has 0 spiro atoms. The Morgan fingerprint density at radius 3 is 1.71 bits per heavy atom. The van der Waals surface area contributed by atoms with E-state index >= 15 is 0 Å². The van der Waals surface area contributed by atoms with Gasteiger partial charge in [0.1, 0.15) is 6.61 Å². The van der Waals surface area contributed by atoms with Gasteiger partial charge >= 0.3 is 17.9 Å². The third-order valence-electron chi connectivity index (χ3n) is 8.30. The van der Waals surface area contributed by atoms with Crippen molar-refractivity contribution in [3.05, 3.63) is 36.5 Å². The number of likely N-dealkylation sites (N-methyl/N-ethyl adjacent to an activating group) is 1. The number of carboxylic acid groups (broad SMARTS) is 1. The van der Waals surface area contributed by atoms with Gasteiger partial charge in [0.15, 0.2) is 12.1 Å². The van der Waals surface area contributed by atoms with Crippen LogP contribution < -0.4 is 0 Å². The van der Waals surface area contributed by atoms with Crippen molar-refractivity contribution in [3.8, 4) is 0 Å². The Labute approximate surface area is 293 Å². The van der Waals surface area contributed by atoms with Crippen LogP contribution >= 0.6 is 0 Å². The molecule has 0 aliphatic heterocycles. The predicted molar refractivity (Wildman–Crippen MR) is 197 cm³/mol. The van der Waals surface area contributed by atoms with E-state index in [0.717, 1.165) is 44.9 Å². The molecule has 0 aromatic carbocycles. The fourth-order valence-electron chi connectivity index (χ4n) is 5.35. The van der Waals surface area contributed by atoms with E-state index in [1.54, 1.807) is 0 Å². The second-order valence-electron chi connectivity index (χ2n) is 13.8. The van der Waals surface area contributed by atoms with Crippen molar-refractivity contribution < 1.29 is 38.2 Å². The molecule has 0 bridgehead atoms. The number of hydrogen-bond acceptors (Lipinski definition) is 6. The van der Waals surface area contributed by atoms with Crippen molar-refractivity contribution >= 4 is 17.9 Å². The Morgan fingerprint density at radius 1 is 0.646 bits per heavy atom. The summed E-state index contributed by atoms with van der Waals surface area (Å²) in [6.07, 6.45) is 33.4. The number of hydrogen-bond donors (Lipinski definition) is 1. The highest BCUT2D eigenvalue weighted by atomic mass is 16.6. The molecule has 2 unspecified atom stereocenters. The smallest absolute Gasteiger partial charge is 0.362 e. The standard InChI is InChI=1S/C40H71NO7/c1-6-8-10-12-14-16-18-19-21-22-24-26-28-30-38(42)47-35-36(34-46-33-32-37(40(44)45)41(3,4)5)48-39(43)31-29-27-25-23-20-17-15-13-11-9-7-2/h9,11,15,17,23,25,36-37H,6-8,10,12-14,16,18-22,24,26-35H2,1-5H3/p+1/b11-9+,17-15+,25-23+. The van der Waals surface area contributed by atoms with Crippen molar-refractivity contribution in [1.82, 2.24) is 0 Å². The van der Waals surface area contributed by atoms with E-state index in [-0.39, 0.29) is 42.7 Å². The molecule has 0 aromatic rings. The Bertz CT molecular complexity index is 891. The molecule has 48 heavy (non-hydrogen) atoms. The number of carboxylic acids is 1. The quantitative estimate of drug-likeness (QED) is 0.0319. The number of nitrogens with zero attached hydrogens (tertiary/aromatic N) is 1. The second kappa shape index (κ2) is 31.8. The van der Waals surface area contributed by atoms with Crippen LogP contribution in [0.3, 0.4) is 0 Å². The Balaban J connectivity index is 4.47. The highest BCUT2D eigenvalue weighted by Gasteiger charge is 2.31. The monoisotopic (exact) mass is 679 g/mol. The van der Waals surface area contributed by atoms with E-state index in [1.165, 1.54) is 64.2 Å². The maximum Gasteiger partial charge on any atom is 0.362 e. The van der Waals surface area contributed by atoms with Crippen LogP contribution in [0.5, 0.6) is 0 Å². The van der Waals surface area contributed by atoms with Crippen molar-refractivity contribution in [3.63, 3.8) is 0 Å². The number of allylic oxidation sites excluding steroid dienone is 6. The van der Waals surface area contributed by atoms with E-state index in [9.17, 15) is 19.5 Å². The largest absolute Gasteiger partial charge is 0.477 e. The Morgan fingerprint density at radius 2 is 1.17 bits per heavy atom. The fourth-order valence-corrected chi connectivity index (χ4v) is 5.35. The zero-order chi connectivity index (χ0) is 35.7. The van der Waals surface area contributed by atoms with Crippen LogP contribution in [0, 0.1) is 0 Å². The molecule has 278 valence electrons. The van der Waals surface area contributed by atoms with Crippen LogP contribution in [0.1, 0.15) is 149 Å². The van der Waals surface area contributed by atoms with E-state index in [1.807, 2.05) is 21.1 Å². The lowest BCUT2D eigenvalue weighted by molar-refractivity contribution is -0.887. The molecule has 0 rings (SSSR count). The molecule has 0 fully saturated rings. The maximum absolute atomic E-state index is 12.6. The lowest BCUT2D eigenvalue weighted by atomic mass is 10.0. The lowest BCUT2D eigenvalue weighted by Crippen LogP contribution is -2.50. The zero-order valence-electron chi connectivity index (χ0n) is 31.4. The van der Waals surface area contributed by atoms with Crippen LogP contribution in [-0.2, 0) is 28.6 Å². The summed E-state index contributed by atoms with van der Waals surface area (Å²) in [5.41, 5.74) is 0. The van der Waals surface area contributed by atoms with Gasteiger partial charge in [0.05, 0.1) is 34.4 Å². The molecule has 0 amide bonds. The number of esters is 2. The predicted octanol–water partition coefficient (Wildman–Crippen LogP) is 9.52. The van der Waals surface area contributed by atoms with Crippen LogP contribution in [0.2, 0.25) is 0 Å². The molecule has 0 saturated carbocycles. The summed E-state index contributed by atoms with van der Waals surface area (Å²) in [6.45, 7) is 4.54. The molecule has 0 saturated heterocycles. The van der Waals surface area contributed by atoms with E-state index in [0.29, 0.717) is 19.3 Å². The van der Waals surface area contributed by atoms with E-state index in [4.69, 9.17) is 14.2 Å². The molecule has 8 heteroatoms. The van der Waals surface area contributed by atoms with Gasteiger partial charge in [-0.3, -0.25) is 9.59 Å². The van der Waals surface area contributed by atoms with Gasteiger partial charge in [-0.25, -0.2) is 4.79 Å². The first-order chi connectivity index (χ1) is 23.1. The topological polar surface area (TPSA) is 99.1 Å². The number of quaternary nitrogens is 1.